The summed E-state index contributed by atoms with van der Waals surface area (Å²) in [4.78, 5) is 14.9. The fourth-order valence-corrected chi connectivity index (χ4v) is 4.60. The number of hydrogen-bond acceptors (Lipinski definition) is 3. The largest absolute Gasteiger partial charge is 0.390 e. The number of rotatable bonds is 2. The second-order valence-electron chi connectivity index (χ2n) is 7.16. The molecule has 1 amide bonds. The number of likely N-dealkylation sites (tertiary alicyclic amines) is 1. The van der Waals surface area contributed by atoms with Crippen molar-refractivity contribution in [3.8, 4) is 0 Å². The van der Waals surface area contributed by atoms with Gasteiger partial charge in [-0.3, -0.25) is 4.79 Å². The molecule has 6 heteroatoms. The van der Waals surface area contributed by atoms with Crippen molar-refractivity contribution in [1.82, 2.24) is 19.1 Å². The number of carbonyl (C=O) groups is 1. The highest BCUT2D eigenvalue weighted by Crippen LogP contribution is 2.44. The van der Waals surface area contributed by atoms with Crippen LogP contribution in [-0.4, -0.2) is 48.8 Å². The molecule has 2 fully saturated rings. The summed E-state index contributed by atoms with van der Waals surface area (Å²) in [5, 5.41) is 15.2. The minimum Gasteiger partial charge on any atom is -0.390 e. The summed E-state index contributed by atoms with van der Waals surface area (Å²) in [6, 6.07) is 0. The highest BCUT2D eigenvalue weighted by atomic mass is 16.3. The van der Waals surface area contributed by atoms with E-state index in [0.29, 0.717) is 18.0 Å². The van der Waals surface area contributed by atoms with Gasteiger partial charge in [0.05, 0.1) is 11.8 Å². The van der Waals surface area contributed by atoms with E-state index in [1.165, 1.54) is 0 Å². The van der Waals surface area contributed by atoms with E-state index < -0.39 is 5.60 Å². The van der Waals surface area contributed by atoms with Gasteiger partial charge in [-0.15, -0.1) is 0 Å². The molecule has 1 saturated carbocycles. The van der Waals surface area contributed by atoms with E-state index in [4.69, 9.17) is 0 Å². The molecular formula is C17H24N4O2. The molecule has 4 rings (SSSR count). The number of amides is 1. The molecule has 1 aliphatic heterocycles. The second kappa shape index (κ2) is 5.09. The SMILES string of the molecule is CC[C@]1(O)CCC[C@H]2CN(C(=O)c3cnn4ccn(C)c34)C[C@H]21. The van der Waals surface area contributed by atoms with Crippen LogP contribution in [0.25, 0.3) is 5.65 Å². The predicted molar refractivity (Wildman–Crippen MR) is 86.1 cm³/mol. The Hall–Kier alpha value is -1.82. The third-order valence-corrected chi connectivity index (χ3v) is 5.98. The van der Waals surface area contributed by atoms with Crippen LogP contribution >= 0.6 is 0 Å². The van der Waals surface area contributed by atoms with Crippen LogP contribution in [0.3, 0.4) is 0 Å². The number of aromatic nitrogens is 3. The number of aliphatic hydroxyl groups is 1. The van der Waals surface area contributed by atoms with E-state index in [2.05, 4.69) is 12.0 Å². The van der Waals surface area contributed by atoms with Gasteiger partial charge in [0.25, 0.3) is 5.91 Å². The lowest BCUT2D eigenvalue weighted by Crippen LogP contribution is -2.44. The predicted octanol–water partition coefficient (Wildman–Crippen LogP) is 1.69. The molecule has 2 aromatic heterocycles. The third-order valence-electron chi connectivity index (χ3n) is 5.98. The fraction of sp³-hybridized carbons (Fsp3) is 0.647. The van der Waals surface area contributed by atoms with Crippen LogP contribution in [0.5, 0.6) is 0 Å². The molecule has 1 aliphatic carbocycles. The quantitative estimate of drug-likeness (QED) is 0.917. The molecule has 124 valence electrons. The van der Waals surface area contributed by atoms with Crippen molar-refractivity contribution in [2.24, 2.45) is 18.9 Å². The summed E-state index contributed by atoms with van der Waals surface area (Å²) in [7, 11) is 1.92. The van der Waals surface area contributed by atoms with Crippen LogP contribution in [0, 0.1) is 11.8 Å². The Morgan fingerprint density at radius 3 is 3.04 bits per heavy atom. The molecule has 6 nitrogen and oxygen atoms in total. The van der Waals surface area contributed by atoms with Crippen LogP contribution in [-0.2, 0) is 7.05 Å². The van der Waals surface area contributed by atoms with Crippen LogP contribution < -0.4 is 0 Å². The van der Waals surface area contributed by atoms with Crippen molar-refractivity contribution in [2.75, 3.05) is 13.1 Å². The van der Waals surface area contributed by atoms with Crippen LogP contribution in [0.2, 0.25) is 0 Å². The molecule has 0 bridgehead atoms. The van der Waals surface area contributed by atoms with Gasteiger partial charge in [-0.2, -0.15) is 5.10 Å². The van der Waals surface area contributed by atoms with E-state index in [9.17, 15) is 9.90 Å². The first-order valence-electron chi connectivity index (χ1n) is 8.54. The maximum absolute atomic E-state index is 13.0. The first kappa shape index (κ1) is 14.8. The molecule has 3 atom stereocenters. The van der Waals surface area contributed by atoms with Gasteiger partial charge in [-0.1, -0.05) is 13.3 Å². The van der Waals surface area contributed by atoms with Crippen LogP contribution in [0.15, 0.2) is 18.6 Å². The lowest BCUT2D eigenvalue weighted by atomic mass is 9.69. The van der Waals surface area contributed by atoms with E-state index in [1.807, 2.05) is 28.9 Å². The van der Waals surface area contributed by atoms with E-state index >= 15 is 0 Å². The van der Waals surface area contributed by atoms with E-state index in [0.717, 1.165) is 37.9 Å². The molecule has 1 saturated heterocycles. The Morgan fingerprint density at radius 2 is 2.26 bits per heavy atom. The van der Waals surface area contributed by atoms with E-state index in [-0.39, 0.29) is 11.8 Å². The Kier molecular flexibility index (Phi) is 3.27. The lowest BCUT2D eigenvalue weighted by Gasteiger charge is -2.40. The number of hydrogen-bond donors (Lipinski definition) is 1. The summed E-state index contributed by atoms with van der Waals surface area (Å²) in [5.41, 5.74) is 0.879. The summed E-state index contributed by atoms with van der Waals surface area (Å²) in [6.45, 7) is 3.47. The maximum Gasteiger partial charge on any atom is 0.259 e. The minimum absolute atomic E-state index is 0.0367. The molecule has 0 aromatic carbocycles. The number of fused-ring (bicyclic) bond motifs is 2. The molecule has 0 radical (unpaired) electrons. The van der Waals surface area contributed by atoms with Crippen molar-refractivity contribution in [1.29, 1.82) is 0 Å². The molecule has 23 heavy (non-hydrogen) atoms. The molecule has 2 aliphatic rings. The van der Waals surface area contributed by atoms with Gasteiger partial charge in [-0.25, -0.2) is 4.52 Å². The van der Waals surface area contributed by atoms with Gasteiger partial charge in [0, 0.05) is 38.4 Å². The van der Waals surface area contributed by atoms with Gasteiger partial charge in [-0.05, 0) is 25.2 Å². The van der Waals surface area contributed by atoms with Crippen molar-refractivity contribution >= 4 is 11.6 Å². The zero-order chi connectivity index (χ0) is 16.2. The van der Waals surface area contributed by atoms with Crippen LogP contribution in [0.1, 0.15) is 43.0 Å². The fourth-order valence-electron chi connectivity index (χ4n) is 4.60. The molecule has 3 heterocycles. The molecule has 1 N–H and O–H groups in total. The second-order valence-corrected chi connectivity index (χ2v) is 7.16. The highest BCUT2D eigenvalue weighted by Gasteiger charge is 2.49. The number of nitrogens with zero attached hydrogens (tertiary/aromatic N) is 4. The third kappa shape index (κ3) is 2.11. The summed E-state index contributed by atoms with van der Waals surface area (Å²) in [5.74, 6) is 0.677. The van der Waals surface area contributed by atoms with Gasteiger partial charge in [0.2, 0.25) is 0 Å². The summed E-state index contributed by atoms with van der Waals surface area (Å²) >= 11 is 0. The van der Waals surface area contributed by atoms with Crippen LogP contribution in [0.4, 0.5) is 0 Å². The van der Waals surface area contributed by atoms with Gasteiger partial charge < -0.3 is 14.6 Å². The summed E-state index contributed by atoms with van der Waals surface area (Å²) in [6.07, 6.45) is 9.22. The molecule has 0 spiro atoms. The Bertz CT molecular complexity index is 749. The van der Waals surface area contributed by atoms with Gasteiger partial charge >= 0.3 is 0 Å². The Labute approximate surface area is 135 Å². The topological polar surface area (TPSA) is 62.8 Å². The van der Waals surface area contributed by atoms with Crippen molar-refractivity contribution in [2.45, 2.75) is 38.2 Å². The molecular weight excluding hydrogens is 292 g/mol. The average Bonchev–Trinajstić information content (AvgIpc) is 3.23. The number of carbonyl (C=O) groups excluding carboxylic acids is 1. The highest BCUT2D eigenvalue weighted by molar-refractivity contribution is 6.00. The standard InChI is InChI=1S/C17H24N4O2/c1-3-17(23)6-4-5-12-10-20(11-14(12)17)16(22)13-9-18-21-8-7-19(2)15(13)21/h7-9,12,14,23H,3-6,10-11H2,1-2H3/t12-,14+,17-/m0/s1. The number of aryl methyl sites for hydroxylation is 1. The van der Waals surface area contributed by atoms with Gasteiger partial charge in [0.15, 0.2) is 0 Å². The van der Waals surface area contributed by atoms with Crippen molar-refractivity contribution in [3.05, 3.63) is 24.2 Å². The summed E-state index contributed by atoms with van der Waals surface area (Å²) < 4.78 is 3.66. The smallest absolute Gasteiger partial charge is 0.259 e. The minimum atomic E-state index is -0.600. The first-order chi connectivity index (χ1) is 11.0. The van der Waals surface area contributed by atoms with Crippen molar-refractivity contribution in [3.63, 3.8) is 0 Å². The Balaban J connectivity index is 1.62. The Morgan fingerprint density at radius 1 is 1.43 bits per heavy atom. The normalized spacial score (nSPS) is 30.8. The van der Waals surface area contributed by atoms with Crippen molar-refractivity contribution < 1.29 is 9.90 Å². The first-order valence-corrected chi connectivity index (χ1v) is 8.54. The zero-order valence-electron chi connectivity index (χ0n) is 13.8. The number of imidazole rings is 1. The van der Waals surface area contributed by atoms with Gasteiger partial charge in [0.1, 0.15) is 11.2 Å². The van der Waals surface area contributed by atoms with E-state index in [1.54, 1.807) is 10.7 Å². The monoisotopic (exact) mass is 316 g/mol. The molecule has 0 unspecified atom stereocenters. The lowest BCUT2D eigenvalue weighted by molar-refractivity contribution is -0.0609. The molecule has 2 aromatic rings. The zero-order valence-corrected chi connectivity index (χ0v) is 13.8. The maximum atomic E-state index is 13.0. The average molecular weight is 316 g/mol.